The van der Waals surface area contributed by atoms with Crippen LogP contribution in [0.1, 0.15) is 31.1 Å². The zero-order valence-electron chi connectivity index (χ0n) is 19.7. The monoisotopic (exact) mass is 503 g/mol. The molecule has 0 amide bonds. The predicted molar refractivity (Wildman–Crippen MR) is 126 cm³/mol. The molecule has 0 fully saturated rings. The number of rotatable bonds is 6. The number of hydrogen-bond acceptors (Lipinski definition) is 7. The molecular formula is C24H24F3N5O4. The normalized spacial score (nSPS) is 15.9. The number of nitrogens with zero attached hydrogens (tertiary/aromatic N) is 3. The lowest BCUT2D eigenvalue weighted by Crippen LogP contribution is -2.33. The Labute approximate surface area is 203 Å². The van der Waals surface area contributed by atoms with Gasteiger partial charge in [0.1, 0.15) is 17.2 Å². The molecule has 1 aliphatic rings. The van der Waals surface area contributed by atoms with Gasteiger partial charge in [0.15, 0.2) is 17.3 Å². The molecule has 9 nitrogen and oxygen atoms in total. The fraction of sp³-hybridized carbons (Fsp3) is 0.292. The number of nitrogens with one attached hydrogen (secondary N) is 1. The molecule has 0 saturated heterocycles. The van der Waals surface area contributed by atoms with Crippen molar-refractivity contribution in [2.45, 2.75) is 26.4 Å². The van der Waals surface area contributed by atoms with E-state index in [1.165, 1.54) is 4.90 Å². The Balaban J connectivity index is 1.90. The molecule has 4 rings (SSSR count). The van der Waals surface area contributed by atoms with E-state index in [1.54, 1.807) is 6.20 Å². The number of nitrogens with two attached hydrogens (primary N) is 1. The summed E-state index contributed by atoms with van der Waals surface area (Å²) in [6.07, 6.45) is 2.44. The Morgan fingerprint density at radius 1 is 1.25 bits per heavy atom. The maximum atomic E-state index is 15.2. The Hall–Kier alpha value is -3.90. The van der Waals surface area contributed by atoms with E-state index in [1.807, 2.05) is 20.8 Å². The van der Waals surface area contributed by atoms with Crippen LogP contribution in [0, 0.1) is 23.4 Å². The second kappa shape index (κ2) is 9.28. The van der Waals surface area contributed by atoms with Gasteiger partial charge in [0.25, 0.3) is 0 Å². The van der Waals surface area contributed by atoms with E-state index in [-0.39, 0.29) is 41.5 Å². The van der Waals surface area contributed by atoms with E-state index in [4.69, 9.17) is 10.6 Å². The molecule has 3 aromatic rings. The largest absolute Gasteiger partial charge is 0.477 e. The lowest BCUT2D eigenvalue weighted by Gasteiger charge is -2.22. The first kappa shape index (κ1) is 25.2. The van der Waals surface area contributed by atoms with Gasteiger partial charge in [-0.05, 0) is 39.0 Å². The molecule has 1 aromatic carbocycles. The molecule has 0 aliphatic carbocycles. The van der Waals surface area contributed by atoms with E-state index in [0.29, 0.717) is 11.8 Å². The van der Waals surface area contributed by atoms with Crippen molar-refractivity contribution in [3.63, 3.8) is 0 Å². The summed E-state index contributed by atoms with van der Waals surface area (Å²) >= 11 is 0. The van der Waals surface area contributed by atoms with Gasteiger partial charge in [-0.2, -0.15) is 0 Å². The van der Waals surface area contributed by atoms with Gasteiger partial charge >= 0.3 is 5.97 Å². The molecular weight excluding hydrogens is 479 g/mol. The molecule has 0 bridgehead atoms. The standard InChI is InChI=1S/C24H24F3N5O4/c1-24(2,3)36-30-18-11-31(9-12(18)8-28)22-17(27)7-14-20(33)15(23(34)35)10-32(21(14)29-22)19-5-4-13(25)6-16(19)26/h4-7,10-12,30H,8-9,28H2,1-3H3,(H,34,35). The first-order chi connectivity index (χ1) is 16.9. The highest BCUT2D eigenvalue weighted by Crippen LogP contribution is 2.29. The summed E-state index contributed by atoms with van der Waals surface area (Å²) in [5, 5.41) is 9.09. The van der Waals surface area contributed by atoms with Gasteiger partial charge in [-0.15, -0.1) is 0 Å². The molecule has 2 aromatic heterocycles. The SMILES string of the molecule is CC(C)(C)ONC1=CN(c2nc3c(cc2F)c(=O)c(C(=O)O)cn3-c2ccc(F)cc2F)CC1CN. The average Bonchev–Trinajstić information content (AvgIpc) is 3.21. The number of anilines is 1. The first-order valence-corrected chi connectivity index (χ1v) is 11.0. The number of aromatic nitrogens is 2. The Morgan fingerprint density at radius 2 is 1.97 bits per heavy atom. The maximum Gasteiger partial charge on any atom is 0.341 e. The van der Waals surface area contributed by atoms with Crippen molar-refractivity contribution in [1.29, 1.82) is 0 Å². The lowest BCUT2D eigenvalue weighted by molar-refractivity contribution is -0.0607. The van der Waals surface area contributed by atoms with E-state index < -0.39 is 40.0 Å². The zero-order chi connectivity index (χ0) is 26.4. The van der Waals surface area contributed by atoms with Gasteiger partial charge < -0.3 is 15.7 Å². The number of fused-ring (bicyclic) bond motifs is 1. The summed E-state index contributed by atoms with van der Waals surface area (Å²) in [5.74, 6) is -4.84. The highest BCUT2D eigenvalue weighted by molar-refractivity contribution is 5.92. The molecule has 12 heteroatoms. The smallest absolute Gasteiger partial charge is 0.341 e. The number of hydrogen-bond donors (Lipinski definition) is 3. The molecule has 0 spiro atoms. The molecule has 36 heavy (non-hydrogen) atoms. The topological polar surface area (TPSA) is 123 Å². The molecule has 1 unspecified atom stereocenters. The number of carboxylic acids is 1. The number of hydroxylamine groups is 1. The fourth-order valence-corrected chi connectivity index (χ4v) is 3.76. The van der Waals surface area contributed by atoms with Gasteiger partial charge in [-0.25, -0.2) is 22.9 Å². The van der Waals surface area contributed by atoms with Crippen LogP contribution in [0.3, 0.4) is 0 Å². The minimum absolute atomic E-state index is 0.202. The third-order valence-corrected chi connectivity index (χ3v) is 5.50. The van der Waals surface area contributed by atoms with Gasteiger partial charge in [0, 0.05) is 37.5 Å². The van der Waals surface area contributed by atoms with Crippen LogP contribution in [0.5, 0.6) is 0 Å². The molecule has 0 saturated carbocycles. The third-order valence-electron chi connectivity index (χ3n) is 5.50. The van der Waals surface area contributed by atoms with Gasteiger partial charge in [-0.1, -0.05) is 0 Å². The maximum absolute atomic E-state index is 15.2. The van der Waals surface area contributed by atoms with Crippen LogP contribution in [0.15, 0.2) is 47.2 Å². The first-order valence-electron chi connectivity index (χ1n) is 11.0. The van der Waals surface area contributed by atoms with Gasteiger partial charge in [0.05, 0.1) is 22.4 Å². The van der Waals surface area contributed by atoms with Crippen LogP contribution in [0.25, 0.3) is 16.7 Å². The van der Waals surface area contributed by atoms with Crippen LogP contribution in [-0.4, -0.2) is 39.3 Å². The van der Waals surface area contributed by atoms with Gasteiger partial charge in [0.2, 0.25) is 5.43 Å². The molecule has 3 heterocycles. The van der Waals surface area contributed by atoms with Crippen LogP contribution in [-0.2, 0) is 4.84 Å². The zero-order valence-corrected chi connectivity index (χ0v) is 19.7. The minimum atomic E-state index is -1.59. The number of aromatic carboxylic acids is 1. The number of carbonyl (C=O) groups is 1. The van der Waals surface area contributed by atoms with E-state index in [0.717, 1.165) is 29.0 Å². The van der Waals surface area contributed by atoms with Crippen molar-refractivity contribution in [2.24, 2.45) is 11.7 Å². The summed E-state index contributed by atoms with van der Waals surface area (Å²) in [4.78, 5) is 35.8. The number of pyridine rings is 2. The van der Waals surface area contributed by atoms with Crippen molar-refractivity contribution < 1.29 is 27.9 Å². The van der Waals surface area contributed by atoms with Crippen molar-refractivity contribution in [3.8, 4) is 5.69 Å². The van der Waals surface area contributed by atoms with Crippen molar-refractivity contribution >= 4 is 22.8 Å². The molecule has 1 atom stereocenters. The lowest BCUT2D eigenvalue weighted by atomic mass is 10.1. The summed E-state index contributed by atoms with van der Waals surface area (Å²) in [6.45, 7) is 5.97. The molecule has 190 valence electrons. The van der Waals surface area contributed by atoms with Crippen molar-refractivity contribution in [1.82, 2.24) is 15.0 Å². The van der Waals surface area contributed by atoms with E-state index in [2.05, 4.69) is 10.5 Å². The van der Waals surface area contributed by atoms with Crippen LogP contribution < -0.4 is 21.5 Å². The van der Waals surface area contributed by atoms with Crippen LogP contribution in [0.2, 0.25) is 0 Å². The number of carboxylic acid groups (broad SMARTS) is 1. The van der Waals surface area contributed by atoms with Crippen molar-refractivity contribution in [3.05, 3.63) is 75.6 Å². The summed E-state index contributed by atoms with van der Waals surface area (Å²) in [6, 6.07) is 3.49. The summed E-state index contributed by atoms with van der Waals surface area (Å²) in [5.41, 5.74) is 6.58. The fourth-order valence-electron chi connectivity index (χ4n) is 3.76. The second-order valence-electron chi connectivity index (χ2n) is 9.29. The van der Waals surface area contributed by atoms with Crippen LogP contribution >= 0.6 is 0 Å². The summed E-state index contributed by atoms with van der Waals surface area (Å²) < 4.78 is 44.4. The molecule has 0 radical (unpaired) electrons. The van der Waals surface area contributed by atoms with Crippen LogP contribution in [0.4, 0.5) is 19.0 Å². The highest BCUT2D eigenvalue weighted by Gasteiger charge is 2.29. The highest BCUT2D eigenvalue weighted by atomic mass is 19.1. The third kappa shape index (κ3) is 4.77. The Morgan fingerprint density at radius 3 is 2.58 bits per heavy atom. The predicted octanol–water partition coefficient (Wildman–Crippen LogP) is 3.06. The van der Waals surface area contributed by atoms with E-state index in [9.17, 15) is 23.5 Å². The Kier molecular flexibility index (Phi) is 6.50. The average molecular weight is 503 g/mol. The molecule has 1 aliphatic heterocycles. The summed E-state index contributed by atoms with van der Waals surface area (Å²) in [7, 11) is 0. The number of benzene rings is 1. The van der Waals surface area contributed by atoms with Crippen molar-refractivity contribution in [2.75, 3.05) is 18.0 Å². The second-order valence-corrected chi connectivity index (χ2v) is 9.29. The van der Waals surface area contributed by atoms with Gasteiger partial charge in [-0.3, -0.25) is 19.7 Å². The number of halogens is 3. The Bertz CT molecular complexity index is 1450. The molecule has 4 N–H and O–H groups in total. The quantitative estimate of drug-likeness (QED) is 0.439. The minimum Gasteiger partial charge on any atom is -0.477 e. The van der Waals surface area contributed by atoms with E-state index >= 15 is 4.39 Å².